The Morgan fingerprint density at radius 3 is 2.28 bits per heavy atom. The molecule has 1 aromatic rings. The number of nitrogens with one attached hydrogen (secondary N) is 1. The Bertz CT molecular complexity index is 538. The zero-order valence-corrected chi connectivity index (χ0v) is 12.2. The summed E-state index contributed by atoms with van der Waals surface area (Å²) < 4.78 is 36.3. The summed E-state index contributed by atoms with van der Waals surface area (Å²) in [5, 5.41) is 2.97. The zero-order chi connectivity index (χ0) is 14.1. The minimum Gasteiger partial charge on any atom is -0.312 e. The molecular weight excluding hydrogens is 253 g/mol. The highest BCUT2D eigenvalue weighted by atomic mass is 32.2. The minimum atomic E-state index is -3.27. The van der Waals surface area contributed by atoms with Crippen LogP contribution in [0.1, 0.15) is 31.0 Å². The maximum absolute atomic E-state index is 13.6. The highest BCUT2D eigenvalue weighted by Gasteiger charge is 2.39. The fraction of sp³-hybridized carbons (Fsp3) is 0.538. The lowest BCUT2D eigenvalue weighted by Gasteiger charge is -2.33. The molecule has 0 aliphatic rings. The van der Waals surface area contributed by atoms with Crippen LogP contribution in [-0.4, -0.2) is 26.5 Å². The topological polar surface area (TPSA) is 46.2 Å². The molecule has 0 bridgehead atoms. The fourth-order valence-electron chi connectivity index (χ4n) is 1.92. The first-order chi connectivity index (χ1) is 8.11. The highest BCUT2D eigenvalue weighted by Crippen LogP contribution is 2.32. The number of rotatable bonds is 4. The summed E-state index contributed by atoms with van der Waals surface area (Å²) >= 11 is 0. The van der Waals surface area contributed by atoms with Crippen molar-refractivity contribution in [1.82, 2.24) is 5.32 Å². The van der Waals surface area contributed by atoms with Crippen molar-refractivity contribution in [2.75, 3.05) is 13.3 Å². The van der Waals surface area contributed by atoms with Crippen molar-refractivity contribution < 1.29 is 12.8 Å². The van der Waals surface area contributed by atoms with Gasteiger partial charge >= 0.3 is 0 Å². The van der Waals surface area contributed by atoms with E-state index in [1.165, 1.54) is 12.3 Å². The van der Waals surface area contributed by atoms with Crippen molar-refractivity contribution in [2.24, 2.45) is 0 Å². The summed E-state index contributed by atoms with van der Waals surface area (Å²) in [5.41, 5.74) is 1.18. The van der Waals surface area contributed by atoms with Crippen LogP contribution in [0.15, 0.2) is 18.2 Å². The molecule has 0 fully saturated rings. The SMILES string of the molecule is CNC(c1ccc(C)c(F)c1)C(C)(C)S(C)(=O)=O. The summed E-state index contributed by atoms with van der Waals surface area (Å²) in [6, 6.07) is 4.35. The number of benzene rings is 1. The van der Waals surface area contributed by atoms with Crippen molar-refractivity contribution in [3.05, 3.63) is 35.1 Å². The first-order valence-electron chi connectivity index (χ1n) is 5.74. The predicted molar refractivity (Wildman–Crippen MR) is 71.9 cm³/mol. The second kappa shape index (κ2) is 4.97. The van der Waals surface area contributed by atoms with Crippen molar-refractivity contribution in [2.45, 2.75) is 31.6 Å². The van der Waals surface area contributed by atoms with Crippen LogP contribution >= 0.6 is 0 Å². The average molecular weight is 273 g/mol. The molecular formula is C13H20FNO2S. The molecule has 0 radical (unpaired) electrons. The molecule has 1 unspecified atom stereocenters. The third kappa shape index (κ3) is 2.72. The number of hydrogen-bond donors (Lipinski definition) is 1. The number of aryl methyl sites for hydroxylation is 1. The van der Waals surface area contributed by atoms with E-state index < -0.39 is 20.6 Å². The lowest BCUT2D eigenvalue weighted by atomic mass is 9.94. The van der Waals surface area contributed by atoms with Crippen molar-refractivity contribution >= 4 is 9.84 Å². The van der Waals surface area contributed by atoms with Crippen LogP contribution in [0.3, 0.4) is 0 Å². The van der Waals surface area contributed by atoms with Gasteiger partial charge < -0.3 is 5.32 Å². The van der Waals surface area contributed by atoms with Crippen LogP contribution < -0.4 is 5.32 Å². The van der Waals surface area contributed by atoms with Crippen LogP contribution in [0.5, 0.6) is 0 Å². The Morgan fingerprint density at radius 1 is 1.33 bits per heavy atom. The van der Waals surface area contributed by atoms with Crippen LogP contribution in [0.2, 0.25) is 0 Å². The molecule has 1 aromatic carbocycles. The molecule has 3 nitrogen and oxygen atoms in total. The number of sulfone groups is 1. The second-order valence-electron chi connectivity index (χ2n) is 5.11. The zero-order valence-electron chi connectivity index (χ0n) is 11.4. The van der Waals surface area contributed by atoms with Gasteiger partial charge in [-0.15, -0.1) is 0 Å². The Balaban J connectivity index is 3.30. The molecule has 0 saturated heterocycles. The predicted octanol–water partition coefficient (Wildman–Crippen LogP) is 2.22. The molecule has 1 N–H and O–H groups in total. The molecule has 18 heavy (non-hydrogen) atoms. The molecule has 0 aliphatic carbocycles. The highest BCUT2D eigenvalue weighted by molar-refractivity contribution is 7.92. The van der Waals surface area contributed by atoms with E-state index in [4.69, 9.17) is 0 Å². The third-order valence-corrected chi connectivity index (χ3v) is 5.62. The average Bonchev–Trinajstić information content (AvgIpc) is 2.22. The van der Waals surface area contributed by atoms with E-state index in [1.807, 2.05) is 0 Å². The van der Waals surface area contributed by atoms with Crippen LogP contribution in [0.4, 0.5) is 4.39 Å². The summed E-state index contributed by atoms with van der Waals surface area (Å²) in [6.07, 6.45) is 1.20. The monoisotopic (exact) mass is 273 g/mol. The van der Waals surface area contributed by atoms with Crippen molar-refractivity contribution in [3.8, 4) is 0 Å². The molecule has 1 atom stereocenters. The van der Waals surface area contributed by atoms with Gasteiger partial charge in [0.15, 0.2) is 9.84 Å². The van der Waals surface area contributed by atoms with E-state index >= 15 is 0 Å². The molecule has 0 heterocycles. The lowest BCUT2D eigenvalue weighted by Crippen LogP contribution is -2.43. The normalized spacial score (nSPS) is 14.6. The van der Waals surface area contributed by atoms with E-state index in [0.717, 1.165) is 0 Å². The van der Waals surface area contributed by atoms with Crippen LogP contribution in [0.25, 0.3) is 0 Å². The van der Waals surface area contributed by atoms with Crippen molar-refractivity contribution in [3.63, 3.8) is 0 Å². The summed E-state index contributed by atoms with van der Waals surface area (Å²) in [7, 11) is -1.59. The van der Waals surface area contributed by atoms with Gasteiger partial charge in [0.2, 0.25) is 0 Å². The van der Waals surface area contributed by atoms with E-state index in [1.54, 1.807) is 40.0 Å². The van der Waals surface area contributed by atoms with E-state index in [9.17, 15) is 12.8 Å². The first kappa shape index (κ1) is 15.1. The first-order valence-corrected chi connectivity index (χ1v) is 7.63. The van der Waals surface area contributed by atoms with E-state index in [0.29, 0.717) is 11.1 Å². The van der Waals surface area contributed by atoms with Gasteiger partial charge in [0, 0.05) is 6.26 Å². The maximum atomic E-state index is 13.6. The lowest BCUT2D eigenvalue weighted by molar-refractivity contribution is 0.444. The molecule has 0 aromatic heterocycles. The Morgan fingerprint density at radius 2 is 1.89 bits per heavy atom. The largest absolute Gasteiger partial charge is 0.312 e. The summed E-state index contributed by atoms with van der Waals surface area (Å²) in [5.74, 6) is -0.322. The molecule has 0 aliphatic heterocycles. The van der Waals surface area contributed by atoms with Gasteiger partial charge in [-0.25, -0.2) is 12.8 Å². The van der Waals surface area contributed by atoms with Crippen molar-refractivity contribution in [1.29, 1.82) is 0 Å². The molecule has 0 saturated carbocycles. The number of hydrogen-bond acceptors (Lipinski definition) is 3. The Labute approximate surface area is 108 Å². The van der Waals surface area contributed by atoms with Gasteiger partial charge in [0.1, 0.15) is 5.82 Å². The quantitative estimate of drug-likeness (QED) is 0.915. The minimum absolute atomic E-state index is 0.322. The molecule has 1 rings (SSSR count). The fourth-order valence-corrected chi connectivity index (χ4v) is 2.60. The summed E-state index contributed by atoms with van der Waals surface area (Å²) in [6.45, 7) is 4.96. The van der Waals surface area contributed by atoms with Gasteiger partial charge in [0.25, 0.3) is 0 Å². The molecule has 102 valence electrons. The second-order valence-corrected chi connectivity index (χ2v) is 7.70. The number of halogens is 1. The van der Waals surface area contributed by atoms with Gasteiger partial charge in [-0.1, -0.05) is 12.1 Å². The third-order valence-electron chi connectivity index (χ3n) is 3.47. The van der Waals surface area contributed by atoms with Gasteiger partial charge in [-0.3, -0.25) is 0 Å². The standard InChI is InChI=1S/C13H20FNO2S/c1-9-6-7-10(8-11(9)14)12(15-4)13(2,3)18(5,16)17/h6-8,12,15H,1-5H3. The molecule has 0 spiro atoms. The Hall–Kier alpha value is -0.940. The van der Waals surface area contributed by atoms with E-state index in [-0.39, 0.29) is 5.82 Å². The van der Waals surface area contributed by atoms with E-state index in [2.05, 4.69) is 5.32 Å². The van der Waals surface area contributed by atoms with Gasteiger partial charge in [-0.2, -0.15) is 0 Å². The molecule has 5 heteroatoms. The van der Waals surface area contributed by atoms with Gasteiger partial charge in [-0.05, 0) is 45.0 Å². The van der Waals surface area contributed by atoms with Gasteiger partial charge in [0.05, 0.1) is 10.8 Å². The molecule has 0 amide bonds. The Kier molecular flexibility index (Phi) is 4.18. The van der Waals surface area contributed by atoms with Crippen LogP contribution in [-0.2, 0) is 9.84 Å². The maximum Gasteiger partial charge on any atom is 0.154 e. The smallest absolute Gasteiger partial charge is 0.154 e. The van der Waals surface area contributed by atoms with Crippen LogP contribution in [0, 0.1) is 12.7 Å². The summed E-state index contributed by atoms with van der Waals surface area (Å²) in [4.78, 5) is 0.